The van der Waals surface area contributed by atoms with Gasteiger partial charge in [-0.2, -0.15) is 0 Å². The van der Waals surface area contributed by atoms with Gasteiger partial charge in [0.1, 0.15) is 11.5 Å². The molecule has 1 saturated heterocycles. The van der Waals surface area contributed by atoms with E-state index in [4.69, 9.17) is 14.5 Å². The predicted octanol–water partition coefficient (Wildman–Crippen LogP) is 4.68. The average molecular weight is 450 g/mol. The molecular weight excluding hydrogens is 418 g/mol. The quantitative estimate of drug-likeness (QED) is 0.524. The Kier molecular flexibility index (Phi) is 6.32. The molecule has 2 aromatic carbocycles. The molecule has 0 N–H and O–H groups in total. The minimum absolute atomic E-state index is 0.938. The third kappa shape index (κ3) is 4.34. The first-order valence-electron chi connectivity index (χ1n) is 11.5. The minimum Gasteiger partial charge on any atom is -0.497 e. The number of ether oxygens (including phenoxy) is 2. The van der Waals surface area contributed by atoms with Crippen LogP contribution in [0.2, 0.25) is 0 Å². The summed E-state index contributed by atoms with van der Waals surface area (Å²) in [7, 11) is 3.48. The van der Waals surface area contributed by atoms with Gasteiger partial charge in [-0.3, -0.25) is 4.90 Å². The number of methoxy groups -OCH3 is 2. The summed E-state index contributed by atoms with van der Waals surface area (Å²) >= 11 is 1.91. The monoisotopic (exact) mass is 449 g/mol. The third-order valence-corrected chi connectivity index (χ3v) is 7.77. The molecule has 0 unspecified atom stereocenters. The zero-order valence-electron chi connectivity index (χ0n) is 19.0. The molecule has 0 spiro atoms. The lowest BCUT2D eigenvalue weighted by molar-refractivity contribution is 0.254. The first kappa shape index (κ1) is 21.3. The number of nitrogens with zero attached hydrogens (tertiary/aromatic N) is 3. The van der Waals surface area contributed by atoms with E-state index in [1.54, 1.807) is 14.2 Å². The second-order valence-electron chi connectivity index (χ2n) is 8.51. The highest BCUT2D eigenvalue weighted by Crippen LogP contribution is 2.38. The van der Waals surface area contributed by atoms with Crippen LogP contribution in [0, 0.1) is 0 Å². The highest BCUT2D eigenvalue weighted by Gasteiger charge is 2.22. The molecule has 168 valence electrons. The van der Waals surface area contributed by atoms with Crippen LogP contribution in [0.15, 0.2) is 42.5 Å². The van der Waals surface area contributed by atoms with Crippen LogP contribution in [-0.2, 0) is 19.3 Å². The fourth-order valence-corrected chi connectivity index (χ4v) is 5.95. The van der Waals surface area contributed by atoms with E-state index in [1.807, 2.05) is 23.5 Å². The van der Waals surface area contributed by atoms with Crippen LogP contribution in [0.25, 0.3) is 11.3 Å². The summed E-state index contributed by atoms with van der Waals surface area (Å²) in [6, 6.07) is 14.7. The molecule has 1 aromatic heterocycles. The molecule has 6 heteroatoms. The molecule has 0 bridgehead atoms. The number of aryl methyl sites for hydroxylation is 3. The zero-order valence-corrected chi connectivity index (χ0v) is 19.8. The summed E-state index contributed by atoms with van der Waals surface area (Å²) < 4.78 is 10.9. The van der Waals surface area contributed by atoms with E-state index in [-0.39, 0.29) is 0 Å². The summed E-state index contributed by atoms with van der Waals surface area (Å²) in [5.41, 5.74) is 5.07. The van der Waals surface area contributed by atoms with Crippen molar-refractivity contribution in [1.29, 1.82) is 0 Å². The van der Waals surface area contributed by atoms with E-state index in [9.17, 15) is 0 Å². The highest BCUT2D eigenvalue weighted by molar-refractivity contribution is 7.12. The molecule has 2 heterocycles. The van der Waals surface area contributed by atoms with E-state index in [0.29, 0.717) is 0 Å². The Labute approximate surface area is 194 Å². The van der Waals surface area contributed by atoms with Crippen LogP contribution < -0.4 is 14.4 Å². The van der Waals surface area contributed by atoms with Crippen LogP contribution in [0.4, 0.5) is 5.69 Å². The van der Waals surface area contributed by atoms with Gasteiger partial charge >= 0.3 is 0 Å². The Balaban J connectivity index is 1.14. The summed E-state index contributed by atoms with van der Waals surface area (Å²) in [6.07, 6.45) is 4.40. The molecule has 32 heavy (non-hydrogen) atoms. The van der Waals surface area contributed by atoms with Crippen molar-refractivity contribution in [2.45, 2.75) is 25.7 Å². The lowest BCUT2D eigenvalue weighted by Crippen LogP contribution is -2.46. The van der Waals surface area contributed by atoms with Gasteiger partial charge in [0, 0.05) is 43.0 Å². The second kappa shape index (κ2) is 9.51. The molecule has 1 aliphatic heterocycles. The van der Waals surface area contributed by atoms with Crippen molar-refractivity contribution in [3.05, 3.63) is 57.9 Å². The topological polar surface area (TPSA) is 37.8 Å². The number of benzene rings is 2. The second-order valence-corrected chi connectivity index (χ2v) is 9.67. The number of hydrogen-bond donors (Lipinski definition) is 0. The van der Waals surface area contributed by atoms with E-state index >= 15 is 0 Å². The maximum atomic E-state index is 5.54. The van der Waals surface area contributed by atoms with Crippen molar-refractivity contribution in [2.24, 2.45) is 0 Å². The lowest BCUT2D eigenvalue weighted by Gasteiger charge is -2.36. The molecule has 1 fully saturated rings. The largest absolute Gasteiger partial charge is 0.497 e. The Hall–Kier alpha value is -2.57. The van der Waals surface area contributed by atoms with Crippen LogP contribution in [-0.4, -0.2) is 56.8 Å². The maximum Gasteiger partial charge on any atom is 0.142 e. The number of rotatable bonds is 7. The fourth-order valence-electron chi connectivity index (χ4n) is 4.83. The SMILES string of the molecule is COc1ccc2c(c1)CCc1sc(CCCN3CCN(c4ccccc4OC)CC3)nc1-2. The number of fused-ring (bicyclic) bond motifs is 3. The van der Waals surface area contributed by atoms with Gasteiger partial charge in [0.15, 0.2) is 0 Å². The van der Waals surface area contributed by atoms with Crippen LogP contribution in [0.5, 0.6) is 11.5 Å². The Morgan fingerprint density at radius 3 is 2.62 bits per heavy atom. The number of piperazine rings is 1. The van der Waals surface area contributed by atoms with E-state index < -0.39 is 0 Å². The molecule has 0 atom stereocenters. The van der Waals surface area contributed by atoms with Crippen LogP contribution in [0.1, 0.15) is 21.9 Å². The number of hydrogen-bond acceptors (Lipinski definition) is 6. The Bertz CT molecular complexity index is 1070. The van der Waals surface area contributed by atoms with Crippen molar-refractivity contribution < 1.29 is 9.47 Å². The number of para-hydroxylation sites is 2. The fraction of sp³-hybridized carbons (Fsp3) is 0.423. The van der Waals surface area contributed by atoms with Crippen molar-refractivity contribution >= 4 is 17.0 Å². The van der Waals surface area contributed by atoms with Gasteiger partial charge in [0.05, 0.1) is 30.6 Å². The molecule has 0 amide bonds. The Morgan fingerprint density at radius 1 is 0.969 bits per heavy atom. The minimum atomic E-state index is 0.938. The summed E-state index contributed by atoms with van der Waals surface area (Å²) in [6.45, 7) is 5.43. The first-order valence-corrected chi connectivity index (χ1v) is 12.3. The van der Waals surface area contributed by atoms with E-state index in [1.165, 1.54) is 32.4 Å². The van der Waals surface area contributed by atoms with Gasteiger partial charge in [-0.15, -0.1) is 11.3 Å². The van der Waals surface area contributed by atoms with Gasteiger partial charge < -0.3 is 14.4 Å². The molecule has 1 aliphatic carbocycles. The van der Waals surface area contributed by atoms with Crippen molar-refractivity contribution in [1.82, 2.24) is 9.88 Å². The summed E-state index contributed by atoms with van der Waals surface area (Å²) in [5.74, 6) is 1.90. The summed E-state index contributed by atoms with van der Waals surface area (Å²) in [5, 5.41) is 1.28. The van der Waals surface area contributed by atoms with Gasteiger partial charge in [0.2, 0.25) is 0 Å². The Morgan fingerprint density at radius 2 is 1.81 bits per heavy atom. The predicted molar refractivity (Wildman–Crippen MR) is 131 cm³/mol. The standard InChI is InChI=1S/C26H31N3O2S/c1-30-20-10-11-21-19(18-20)9-12-24-26(21)27-25(32-24)8-5-13-28-14-16-29(17-15-28)22-6-3-4-7-23(22)31-2/h3-4,6-7,10-11,18H,5,8-9,12-17H2,1-2H3. The molecule has 3 aromatic rings. The van der Waals surface area contributed by atoms with Crippen LogP contribution in [0.3, 0.4) is 0 Å². The van der Waals surface area contributed by atoms with Gasteiger partial charge in [-0.05, 0) is 61.7 Å². The smallest absolute Gasteiger partial charge is 0.142 e. The molecule has 2 aliphatic rings. The zero-order chi connectivity index (χ0) is 21.9. The lowest BCUT2D eigenvalue weighted by atomic mass is 9.93. The van der Waals surface area contributed by atoms with Crippen molar-refractivity contribution in [3.8, 4) is 22.8 Å². The molecular formula is C26H31N3O2S. The highest BCUT2D eigenvalue weighted by atomic mass is 32.1. The van der Waals surface area contributed by atoms with Gasteiger partial charge in [-0.25, -0.2) is 4.98 Å². The van der Waals surface area contributed by atoms with Crippen molar-refractivity contribution in [3.63, 3.8) is 0 Å². The third-order valence-electron chi connectivity index (χ3n) is 6.59. The maximum absolute atomic E-state index is 5.54. The molecule has 5 nitrogen and oxygen atoms in total. The number of thiazole rings is 1. The summed E-state index contributed by atoms with van der Waals surface area (Å²) in [4.78, 5) is 11.5. The van der Waals surface area contributed by atoms with Gasteiger partial charge in [0.25, 0.3) is 0 Å². The molecule has 0 radical (unpaired) electrons. The van der Waals surface area contributed by atoms with Crippen molar-refractivity contribution in [2.75, 3.05) is 51.8 Å². The number of aromatic nitrogens is 1. The molecule has 5 rings (SSSR count). The average Bonchev–Trinajstić information content (AvgIpc) is 3.27. The van der Waals surface area contributed by atoms with E-state index in [0.717, 1.165) is 69.9 Å². The van der Waals surface area contributed by atoms with E-state index in [2.05, 4.69) is 40.1 Å². The van der Waals surface area contributed by atoms with Crippen LogP contribution >= 0.6 is 11.3 Å². The normalized spacial score (nSPS) is 15.9. The van der Waals surface area contributed by atoms with Gasteiger partial charge in [-0.1, -0.05) is 12.1 Å². The molecule has 0 saturated carbocycles. The number of anilines is 1. The first-order chi connectivity index (χ1) is 15.7.